The van der Waals surface area contributed by atoms with E-state index < -0.39 is 0 Å². The summed E-state index contributed by atoms with van der Waals surface area (Å²) in [4.78, 5) is 13.0. The van der Waals surface area contributed by atoms with Crippen LogP contribution >= 0.6 is 0 Å². The number of nitrogens with one attached hydrogen (secondary N) is 1. The number of nitrogens with zero attached hydrogens (tertiary/aromatic N) is 1. The maximum absolute atomic E-state index is 11.2. The van der Waals surface area contributed by atoms with Crippen LogP contribution in [-0.4, -0.2) is 37.0 Å². The van der Waals surface area contributed by atoms with Crippen LogP contribution in [-0.2, 0) is 4.79 Å². The minimum atomic E-state index is 0.251. The van der Waals surface area contributed by atoms with Gasteiger partial charge in [0.1, 0.15) is 0 Å². The number of carbonyl (C=O) groups excluding carboxylic acids is 1. The number of rotatable bonds is 5. The summed E-state index contributed by atoms with van der Waals surface area (Å²) in [6.07, 6.45) is 4.27. The Kier molecular flexibility index (Phi) is 4.22. The van der Waals surface area contributed by atoms with Gasteiger partial charge in [-0.05, 0) is 25.8 Å². The monoisotopic (exact) mass is 184 g/mol. The van der Waals surface area contributed by atoms with E-state index in [0.717, 1.165) is 19.0 Å². The quantitative estimate of drug-likeness (QED) is 0.691. The van der Waals surface area contributed by atoms with Gasteiger partial charge in [0, 0.05) is 26.1 Å². The maximum Gasteiger partial charge on any atom is 0.222 e. The highest BCUT2D eigenvalue weighted by Crippen LogP contribution is 2.09. The molecule has 1 heterocycles. The molecule has 0 aromatic carbocycles. The molecule has 1 aliphatic rings. The van der Waals surface area contributed by atoms with E-state index in [4.69, 9.17) is 0 Å². The summed E-state index contributed by atoms with van der Waals surface area (Å²) in [5.41, 5.74) is 0. The van der Waals surface area contributed by atoms with Gasteiger partial charge in [-0.25, -0.2) is 0 Å². The molecule has 0 radical (unpaired) electrons. The van der Waals surface area contributed by atoms with Crippen molar-refractivity contribution >= 4 is 5.91 Å². The van der Waals surface area contributed by atoms with Crippen molar-refractivity contribution in [3.63, 3.8) is 0 Å². The van der Waals surface area contributed by atoms with Crippen molar-refractivity contribution in [3.8, 4) is 0 Å². The lowest BCUT2D eigenvalue weighted by atomic mass is 10.0. The molecule has 1 N–H and O–H groups in total. The zero-order valence-electron chi connectivity index (χ0n) is 8.68. The van der Waals surface area contributed by atoms with Gasteiger partial charge >= 0.3 is 0 Å². The van der Waals surface area contributed by atoms with E-state index >= 15 is 0 Å². The molecule has 1 rings (SSSR count). The number of carbonyl (C=O) groups is 1. The Labute approximate surface area is 80.5 Å². The first-order valence-corrected chi connectivity index (χ1v) is 5.21. The highest BCUT2D eigenvalue weighted by Gasteiger charge is 2.15. The summed E-state index contributed by atoms with van der Waals surface area (Å²) in [5, 5.41) is 3.36. The number of hydrogen-bond donors (Lipinski definition) is 1. The molecule has 0 bridgehead atoms. The predicted molar refractivity (Wildman–Crippen MR) is 53.6 cm³/mol. The first kappa shape index (κ1) is 10.5. The maximum atomic E-state index is 11.2. The van der Waals surface area contributed by atoms with Gasteiger partial charge in [-0.3, -0.25) is 4.79 Å². The van der Waals surface area contributed by atoms with Crippen molar-refractivity contribution in [1.29, 1.82) is 0 Å². The van der Waals surface area contributed by atoms with Crippen LogP contribution in [0.3, 0.4) is 0 Å². The van der Waals surface area contributed by atoms with Gasteiger partial charge < -0.3 is 10.2 Å². The lowest BCUT2D eigenvalue weighted by molar-refractivity contribution is -0.129. The van der Waals surface area contributed by atoms with Crippen LogP contribution in [0.2, 0.25) is 0 Å². The van der Waals surface area contributed by atoms with Gasteiger partial charge in [0.2, 0.25) is 5.91 Å². The molecule has 1 fully saturated rings. The summed E-state index contributed by atoms with van der Waals surface area (Å²) >= 11 is 0. The minimum absolute atomic E-state index is 0.251. The highest BCUT2D eigenvalue weighted by molar-refractivity contribution is 5.75. The largest absolute Gasteiger partial charge is 0.346 e. The summed E-state index contributed by atoms with van der Waals surface area (Å²) in [6, 6.07) is 0.727. The fourth-order valence-electron chi connectivity index (χ4n) is 1.56. The Morgan fingerprint density at radius 3 is 2.77 bits per heavy atom. The normalized spacial score (nSPS) is 20.9. The Morgan fingerprint density at radius 2 is 2.31 bits per heavy atom. The fourth-order valence-corrected chi connectivity index (χ4v) is 1.56. The molecule has 1 saturated heterocycles. The first-order chi connectivity index (χ1) is 6.24. The molecule has 0 spiro atoms. The van der Waals surface area contributed by atoms with Crippen LogP contribution in [0.5, 0.6) is 0 Å². The van der Waals surface area contributed by atoms with Gasteiger partial charge in [0.25, 0.3) is 0 Å². The summed E-state index contributed by atoms with van der Waals surface area (Å²) in [6.45, 7) is 3.99. The third kappa shape index (κ3) is 3.35. The first-order valence-electron chi connectivity index (χ1n) is 5.21. The Balaban J connectivity index is 2.00. The second kappa shape index (κ2) is 5.22. The fraction of sp³-hybridized carbons (Fsp3) is 0.900. The Bertz CT molecular complexity index is 166. The lowest BCUT2D eigenvalue weighted by Gasteiger charge is -2.28. The van der Waals surface area contributed by atoms with Crippen LogP contribution in [0.15, 0.2) is 0 Å². The van der Waals surface area contributed by atoms with Gasteiger partial charge in [-0.1, -0.05) is 6.92 Å². The molecule has 76 valence electrons. The SMILES string of the molecule is CCC(=O)N(C)CCCC1CCN1. The second-order valence-corrected chi connectivity index (χ2v) is 3.75. The zero-order valence-corrected chi connectivity index (χ0v) is 8.68. The Morgan fingerprint density at radius 1 is 1.62 bits per heavy atom. The van der Waals surface area contributed by atoms with Gasteiger partial charge in [-0.2, -0.15) is 0 Å². The van der Waals surface area contributed by atoms with E-state index in [-0.39, 0.29) is 5.91 Å². The third-order valence-corrected chi connectivity index (χ3v) is 2.70. The summed E-state index contributed by atoms with van der Waals surface area (Å²) in [5.74, 6) is 0.251. The molecular weight excluding hydrogens is 164 g/mol. The van der Waals surface area contributed by atoms with Crippen LogP contribution in [0.1, 0.15) is 32.6 Å². The second-order valence-electron chi connectivity index (χ2n) is 3.75. The molecule has 1 unspecified atom stereocenters. The standard InChI is InChI=1S/C10H20N2O/c1-3-10(13)12(2)8-4-5-9-6-7-11-9/h9,11H,3-8H2,1-2H3. The van der Waals surface area contributed by atoms with Crippen molar-refractivity contribution in [2.75, 3.05) is 20.1 Å². The molecule has 3 heteroatoms. The highest BCUT2D eigenvalue weighted by atomic mass is 16.2. The van der Waals surface area contributed by atoms with Gasteiger partial charge in [-0.15, -0.1) is 0 Å². The zero-order chi connectivity index (χ0) is 9.68. The van der Waals surface area contributed by atoms with Crippen molar-refractivity contribution in [2.24, 2.45) is 0 Å². The predicted octanol–water partition coefficient (Wildman–Crippen LogP) is 0.997. The molecule has 0 aromatic heterocycles. The molecule has 3 nitrogen and oxygen atoms in total. The summed E-state index contributed by atoms with van der Waals surface area (Å²) < 4.78 is 0. The van der Waals surface area contributed by atoms with Gasteiger partial charge in [0.05, 0.1) is 0 Å². The molecule has 0 saturated carbocycles. The topological polar surface area (TPSA) is 32.3 Å². The van der Waals surface area contributed by atoms with Crippen LogP contribution < -0.4 is 5.32 Å². The lowest BCUT2D eigenvalue weighted by Crippen LogP contribution is -2.43. The molecular formula is C10H20N2O. The average Bonchev–Trinajstić information content (AvgIpc) is 2.07. The van der Waals surface area contributed by atoms with E-state index in [1.165, 1.54) is 19.4 Å². The molecule has 1 amide bonds. The summed E-state index contributed by atoms with van der Waals surface area (Å²) in [7, 11) is 1.89. The number of amides is 1. The van der Waals surface area contributed by atoms with Crippen LogP contribution in [0.25, 0.3) is 0 Å². The van der Waals surface area contributed by atoms with Crippen LogP contribution in [0.4, 0.5) is 0 Å². The van der Waals surface area contributed by atoms with Crippen molar-refractivity contribution in [3.05, 3.63) is 0 Å². The van der Waals surface area contributed by atoms with E-state index in [1.54, 1.807) is 0 Å². The van der Waals surface area contributed by atoms with E-state index in [0.29, 0.717) is 6.42 Å². The van der Waals surface area contributed by atoms with E-state index in [2.05, 4.69) is 5.32 Å². The van der Waals surface area contributed by atoms with Crippen molar-refractivity contribution in [1.82, 2.24) is 10.2 Å². The van der Waals surface area contributed by atoms with E-state index in [9.17, 15) is 4.79 Å². The van der Waals surface area contributed by atoms with Gasteiger partial charge in [0.15, 0.2) is 0 Å². The van der Waals surface area contributed by atoms with Crippen molar-refractivity contribution in [2.45, 2.75) is 38.6 Å². The number of hydrogen-bond acceptors (Lipinski definition) is 2. The van der Waals surface area contributed by atoms with E-state index in [1.807, 2.05) is 18.9 Å². The van der Waals surface area contributed by atoms with Crippen molar-refractivity contribution < 1.29 is 4.79 Å². The smallest absolute Gasteiger partial charge is 0.222 e. The Hall–Kier alpha value is -0.570. The minimum Gasteiger partial charge on any atom is -0.346 e. The molecule has 1 aliphatic heterocycles. The molecule has 0 aromatic rings. The molecule has 0 aliphatic carbocycles. The third-order valence-electron chi connectivity index (χ3n) is 2.70. The molecule has 13 heavy (non-hydrogen) atoms. The molecule has 1 atom stereocenters. The van der Waals surface area contributed by atoms with Crippen LogP contribution in [0, 0.1) is 0 Å². The average molecular weight is 184 g/mol.